The molecule has 1 aliphatic heterocycles. The van der Waals surface area contributed by atoms with Crippen molar-refractivity contribution in [1.82, 2.24) is 4.90 Å². The highest BCUT2D eigenvalue weighted by atomic mass is 16.6. The van der Waals surface area contributed by atoms with Crippen LogP contribution in [-0.2, 0) is 16.0 Å². The predicted octanol–water partition coefficient (Wildman–Crippen LogP) is 4.27. The Morgan fingerprint density at radius 1 is 1.00 bits per heavy atom. The van der Waals surface area contributed by atoms with E-state index in [9.17, 15) is 24.8 Å². The maximum absolute atomic E-state index is 13.1. The van der Waals surface area contributed by atoms with Gasteiger partial charge in [0.05, 0.1) is 23.6 Å². The van der Waals surface area contributed by atoms with E-state index in [-0.39, 0.29) is 23.6 Å². The highest BCUT2D eigenvalue weighted by Crippen LogP contribution is 2.40. The number of likely N-dealkylation sites (tertiary alicyclic amines) is 1. The number of amides is 1. The van der Waals surface area contributed by atoms with Crippen molar-refractivity contribution in [2.45, 2.75) is 12.5 Å². The number of rotatable bonds is 7. The largest absolute Gasteiger partial charge is 0.507 e. The number of nitrogens with zero attached hydrogens (tertiary/aromatic N) is 2. The molecule has 1 heterocycles. The first kappa shape index (κ1) is 22.7. The van der Waals surface area contributed by atoms with Crippen LogP contribution in [0.25, 0.3) is 5.76 Å². The molecule has 1 aliphatic rings. The summed E-state index contributed by atoms with van der Waals surface area (Å²) in [7, 11) is 1.52. The van der Waals surface area contributed by atoms with Gasteiger partial charge < -0.3 is 14.7 Å². The first-order chi connectivity index (χ1) is 16.4. The van der Waals surface area contributed by atoms with Crippen LogP contribution >= 0.6 is 0 Å². The quantitative estimate of drug-likeness (QED) is 0.186. The van der Waals surface area contributed by atoms with Crippen LogP contribution in [0, 0.1) is 10.1 Å². The van der Waals surface area contributed by atoms with Gasteiger partial charge in [0.2, 0.25) is 0 Å². The molecule has 3 aromatic carbocycles. The van der Waals surface area contributed by atoms with Crippen LogP contribution in [0.2, 0.25) is 0 Å². The SMILES string of the molecule is COc1ccc(/C(O)=C2\C(=O)C(=O)N(CCc3ccccc3)C2c2ccc([N+](=O)[O-])cc2)cc1. The van der Waals surface area contributed by atoms with Gasteiger partial charge in [-0.25, -0.2) is 0 Å². The van der Waals surface area contributed by atoms with Crippen molar-refractivity contribution in [3.8, 4) is 5.75 Å². The van der Waals surface area contributed by atoms with Crippen molar-refractivity contribution in [1.29, 1.82) is 0 Å². The number of hydrogen-bond donors (Lipinski definition) is 1. The molecule has 0 bridgehead atoms. The molecule has 4 rings (SSSR count). The molecule has 0 aromatic heterocycles. The molecular formula is C26H22N2O6. The van der Waals surface area contributed by atoms with Crippen molar-refractivity contribution in [2.75, 3.05) is 13.7 Å². The third-order valence-corrected chi connectivity index (χ3v) is 5.81. The molecule has 1 fully saturated rings. The number of carbonyl (C=O) groups is 2. The zero-order chi connectivity index (χ0) is 24.2. The Balaban J connectivity index is 1.78. The summed E-state index contributed by atoms with van der Waals surface area (Å²) in [5.74, 6) is -1.27. The molecule has 172 valence electrons. The summed E-state index contributed by atoms with van der Waals surface area (Å²) in [4.78, 5) is 38.1. The van der Waals surface area contributed by atoms with Gasteiger partial charge in [-0.3, -0.25) is 19.7 Å². The van der Waals surface area contributed by atoms with Crippen LogP contribution in [0.15, 0.2) is 84.4 Å². The number of ether oxygens (including phenoxy) is 1. The fraction of sp³-hybridized carbons (Fsp3) is 0.154. The molecule has 34 heavy (non-hydrogen) atoms. The maximum atomic E-state index is 13.1. The highest BCUT2D eigenvalue weighted by molar-refractivity contribution is 6.46. The van der Waals surface area contributed by atoms with E-state index in [0.29, 0.717) is 23.3 Å². The zero-order valence-electron chi connectivity index (χ0n) is 18.4. The highest BCUT2D eigenvalue weighted by Gasteiger charge is 2.45. The Hall–Kier alpha value is -4.46. The summed E-state index contributed by atoms with van der Waals surface area (Å²) in [6, 6.07) is 20.8. The molecule has 0 radical (unpaired) electrons. The second-order valence-electron chi connectivity index (χ2n) is 7.81. The van der Waals surface area contributed by atoms with Gasteiger partial charge >= 0.3 is 0 Å². The summed E-state index contributed by atoms with van der Waals surface area (Å²) in [5.41, 5.74) is 1.67. The van der Waals surface area contributed by atoms with Crippen molar-refractivity contribution in [3.63, 3.8) is 0 Å². The van der Waals surface area contributed by atoms with Crippen LogP contribution in [0.4, 0.5) is 5.69 Å². The summed E-state index contributed by atoms with van der Waals surface area (Å²) in [6.07, 6.45) is 0.500. The Morgan fingerprint density at radius 3 is 2.24 bits per heavy atom. The van der Waals surface area contributed by atoms with Crippen LogP contribution in [0.5, 0.6) is 5.75 Å². The lowest BCUT2D eigenvalue weighted by Gasteiger charge is -2.25. The molecule has 0 saturated carbocycles. The summed E-state index contributed by atoms with van der Waals surface area (Å²) < 4.78 is 5.14. The number of benzene rings is 3. The number of methoxy groups -OCH3 is 1. The number of aliphatic hydroxyl groups is 1. The van der Waals surface area contributed by atoms with Gasteiger partial charge in [0.25, 0.3) is 17.4 Å². The predicted molar refractivity (Wildman–Crippen MR) is 125 cm³/mol. The van der Waals surface area contributed by atoms with Gasteiger partial charge in [-0.1, -0.05) is 30.3 Å². The Bertz CT molecular complexity index is 1250. The molecule has 1 saturated heterocycles. The van der Waals surface area contributed by atoms with Crippen molar-refractivity contribution < 1.29 is 24.4 Å². The molecule has 1 N–H and O–H groups in total. The first-order valence-electron chi connectivity index (χ1n) is 10.6. The van der Waals surface area contributed by atoms with E-state index in [1.54, 1.807) is 24.3 Å². The van der Waals surface area contributed by atoms with E-state index >= 15 is 0 Å². The number of carbonyl (C=O) groups excluding carboxylic acids is 2. The molecule has 3 aromatic rings. The third kappa shape index (κ3) is 4.38. The molecule has 8 nitrogen and oxygen atoms in total. The minimum absolute atomic E-state index is 0.0583. The molecule has 1 atom stereocenters. The Kier molecular flexibility index (Phi) is 6.40. The van der Waals surface area contributed by atoms with Gasteiger partial charge in [0.15, 0.2) is 0 Å². The topological polar surface area (TPSA) is 110 Å². The third-order valence-electron chi connectivity index (χ3n) is 5.81. The molecule has 1 amide bonds. The van der Waals surface area contributed by atoms with E-state index in [4.69, 9.17) is 4.74 Å². The lowest BCUT2D eigenvalue weighted by Crippen LogP contribution is -2.31. The molecule has 0 aliphatic carbocycles. The van der Waals surface area contributed by atoms with Gasteiger partial charge in [-0.05, 0) is 53.9 Å². The maximum Gasteiger partial charge on any atom is 0.295 e. The van der Waals surface area contributed by atoms with Crippen molar-refractivity contribution >= 4 is 23.1 Å². The number of Topliss-reactive ketones (excluding diaryl/α,β-unsaturated/α-hetero) is 1. The van der Waals surface area contributed by atoms with E-state index in [2.05, 4.69) is 0 Å². The lowest BCUT2D eigenvalue weighted by molar-refractivity contribution is -0.384. The van der Waals surface area contributed by atoms with Gasteiger partial charge in [-0.2, -0.15) is 0 Å². The van der Waals surface area contributed by atoms with Crippen LogP contribution < -0.4 is 4.74 Å². The number of nitro benzene ring substituents is 1. The normalized spacial score (nSPS) is 17.1. The molecule has 8 heteroatoms. The number of ketones is 1. The first-order valence-corrected chi connectivity index (χ1v) is 10.6. The fourth-order valence-electron chi connectivity index (χ4n) is 4.03. The van der Waals surface area contributed by atoms with Gasteiger partial charge in [-0.15, -0.1) is 0 Å². The minimum atomic E-state index is -0.883. The van der Waals surface area contributed by atoms with Gasteiger partial charge in [0, 0.05) is 24.2 Å². The van der Waals surface area contributed by atoms with Crippen LogP contribution in [0.1, 0.15) is 22.7 Å². The van der Waals surface area contributed by atoms with Crippen molar-refractivity contribution in [2.24, 2.45) is 0 Å². The number of non-ortho nitro benzene ring substituents is 1. The minimum Gasteiger partial charge on any atom is -0.507 e. The second kappa shape index (κ2) is 9.58. The molecule has 1 unspecified atom stereocenters. The lowest BCUT2D eigenvalue weighted by atomic mass is 9.95. The molecule has 0 spiro atoms. The van der Waals surface area contributed by atoms with E-state index in [1.807, 2.05) is 30.3 Å². The Morgan fingerprint density at radius 2 is 1.65 bits per heavy atom. The monoisotopic (exact) mass is 458 g/mol. The smallest absolute Gasteiger partial charge is 0.295 e. The fourth-order valence-corrected chi connectivity index (χ4v) is 4.03. The van der Waals surface area contributed by atoms with Crippen LogP contribution in [-0.4, -0.2) is 40.3 Å². The zero-order valence-corrected chi connectivity index (χ0v) is 18.4. The number of nitro groups is 1. The number of aliphatic hydroxyl groups excluding tert-OH is 1. The Labute approximate surface area is 195 Å². The number of hydrogen-bond acceptors (Lipinski definition) is 6. The van der Waals surface area contributed by atoms with Gasteiger partial charge in [0.1, 0.15) is 11.5 Å². The van der Waals surface area contributed by atoms with E-state index in [0.717, 1.165) is 5.56 Å². The standard InChI is InChI=1S/C26H22N2O6/c1-34-21-13-9-19(10-14-21)24(29)22-23(18-7-11-20(12-8-18)28(32)33)27(26(31)25(22)30)16-15-17-5-3-2-4-6-17/h2-14,23,29H,15-16H2,1H3/b24-22+. The summed E-state index contributed by atoms with van der Waals surface area (Å²) in [6.45, 7) is 0.232. The summed E-state index contributed by atoms with van der Waals surface area (Å²) >= 11 is 0. The van der Waals surface area contributed by atoms with Crippen LogP contribution in [0.3, 0.4) is 0 Å². The van der Waals surface area contributed by atoms with E-state index < -0.39 is 22.7 Å². The average molecular weight is 458 g/mol. The van der Waals surface area contributed by atoms with Crippen molar-refractivity contribution in [3.05, 3.63) is 111 Å². The summed E-state index contributed by atoms with van der Waals surface area (Å²) in [5, 5.41) is 22.2. The average Bonchev–Trinajstić information content (AvgIpc) is 3.12. The van der Waals surface area contributed by atoms with E-state index in [1.165, 1.54) is 36.3 Å². The molecular weight excluding hydrogens is 436 g/mol. The second-order valence-corrected chi connectivity index (χ2v) is 7.81.